The van der Waals surface area contributed by atoms with Crippen molar-refractivity contribution >= 4 is 40.8 Å². The van der Waals surface area contributed by atoms with Gasteiger partial charge in [-0.1, -0.05) is 11.6 Å². The first-order valence-corrected chi connectivity index (χ1v) is 10.3. The molecule has 2 unspecified atom stereocenters. The molecule has 0 saturated heterocycles. The Balaban J connectivity index is 1.87. The smallest absolute Gasteiger partial charge is 0.261 e. The highest BCUT2D eigenvalue weighted by Crippen LogP contribution is 2.43. The molecule has 2 atom stereocenters. The summed E-state index contributed by atoms with van der Waals surface area (Å²) in [7, 11) is 1.67. The van der Waals surface area contributed by atoms with Crippen LogP contribution in [0.1, 0.15) is 41.2 Å². The number of halogens is 2. The highest BCUT2D eigenvalue weighted by molar-refractivity contribution is 7.98. The molecule has 1 aliphatic rings. The van der Waals surface area contributed by atoms with Crippen molar-refractivity contribution in [3.8, 4) is 0 Å². The maximum Gasteiger partial charge on any atom is 0.261 e. The number of carbonyl (C=O) groups excluding carboxylic acids is 1. The maximum atomic E-state index is 13.3. The molecule has 1 heterocycles. The predicted octanol–water partition coefficient (Wildman–Crippen LogP) is 3.41. The largest absolute Gasteiger partial charge is 0.389 e. The molecular formula is C18H22ClFN4O2S. The second kappa shape index (κ2) is 7.69. The first kappa shape index (κ1) is 20.0. The van der Waals surface area contributed by atoms with E-state index in [1.165, 1.54) is 22.9 Å². The molecule has 1 aliphatic carbocycles. The molecule has 3 rings (SSSR count). The number of hydrogen-bond donors (Lipinski definition) is 3. The molecule has 4 N–H and O–H groups in total. The van der Waals surface area contributed by atoms with Crippen LogP contribution in [0.3, 0.4) is 0 Å². The topological polar surface area (TPSA) is 93.2 Å². The fraction of sp³-hybridized carbons (Fsp3) is 0.444. The number of anilines is 2. The summed E-state index contributed by atoms with van der Waals surface area (Å²) < 4.78 is 14.8. The van der Waals surface area contributed by atoms with Gasteiger partial charge in [-0.15, -0.1) is 0 Å². The quantitative estimate of drug-likeness (QED) is 0.699. The van der Waals surface area contributed by atoms with Crippen LogP contribution in [0.4, 0.5) is 15.9 Å². The average molecular weight is 413 g/mol. The summed E-state index contributed by atoms with van der Waals surface area (Å²) in [4.78, 5) is 12.9. The number of nitrogens with two attached hydrogens (primary N) is 1. The number of hydrogen-bond acceptors (Lipinski definition) is 5. The molecule has 27 heavy (non-hydrogen) atoms. The summed E-state index contributed by atoms with van der Waals surface area (Å²) in [6.07, 6.45) is 3.88. The van der Waals surface area contributed by atoms with Crippen LogP contribution in [0, 0.1) is 5.82 Å². The number of nitrogens with zero attached hydrogens (tertiary/aromatic N) is 2. The summed E-state index contributed by atoms with van der Waals surface area (Å²) in [5.41, 5.74) is 6.57. The SMILES string of the molecule is CSCC1(O)CCC(c2nn(C)c(N)c2C(=O)Nc2ccc(F)c(Cl)c2)C1. The van der Waals surface area contributed by atoms with Crippen molar-refractivity contribution in [2.24, 2.45) is 7.05 Å². The van der Waals surface area contributed by atoms with E-state index in [9.17, 15) is 14.3 Å². The molecule has 1 fully saturated rings. The van der Waals surface area contributed by atoms with E-state index in [0.29, 0.717) is 30.0 Å². The van der Waals surface area contributed by atoms with Crippen LogP contribution in [0.25, 0.3) is 0 Å². The fourth-order valence-electron chi connectivity index (χ4n) is 3.58. The summed E-state index contributed by atoms with van der Waals surface area (Å²) in [5, 5.41) is 17.7. The molecule has 0 spiro atoms. The Bertz CT molecular complexity index is 875. The zero-order valence-corrected chi connectivity index (χ0v) is 16.7. The van der Waals surface area contributed by atoms with Crippen molar-refractivity contribution in [2.75, 3.05) is 23.1 Å². The highest BCUT2D eigenvalue weighted by atomic mass is 35.5. The van der Waals surface area contributed by atoms with Crippen LogP contribution in [-0.4, -0.2) is 38.4 Å². The Hall–Kier alpha value is -1.77. The monoisotopic (exact) mass is 412 g/mol. The van der Waals surface area contributed by atoms with Gasteiger partial charge in [0.05, 0.1) is 16.3 Å². The second-order valence-electron chi connectivity index (χ2n) is 6.95. The van der Waals surface area contributed by atoms with Crippen LogP contribution in [0.5, 0.6) is 0 Å². The van der Waals surface area contributed by atoms with Crippen LogP contribution in [0.2, 0.25) is 5.02 Å². The van der Waals surface area contributed by atoms with Crippen molar-refractivity contribution in [1.82, 2.24) is 9.78 Å². The molecule has 0 bridgehead atoms. The number of aliphatic hydroxyl groups is 1. The van der Waals surface area contributed by atoms with Gasteiger partial charge >= 0.3 is 0 Å². The predicted molar refractivity (Wildman–Crippen MR) is 107 cm³/mol. The highest BCUT2D eigenvalue weighted by Gasteiger charge is 2.40. The average Bonchev–Trinajstić information content (AvgIpc) is 3.12. The molecule has 1 amide bonds. The lowest BCUT2D eigenvalue weighted by molar-refractivity contribution is 0.0714. The van der Waals surface area contributed by atoms with E-state index in [1.54, 1.807) is 18.8 Å². The third kappa shape index (κ3) is 4.07. The maximum absolute atomic E-state index is 13.3. The lowest BCUT2D eigenvalue weighted by atomic mass is 9.96. The third-order valence-electron chi connectivity index (χ3n) is 4.91. The van der Waals surface area contributed by atoms with Crippen molar-refractivity contribution < 1.29 is 14.3 Å². The molecule has 2 aromatic rings. The summed E-state index contributed by atoms with van der Waals surface area (Å²) >= 11 is 7.37. The Morgan fingerprint density at radius 1 is 1.59 bits per heavy atom. The van der Waals surface area contributed by atoms with Crippen molar-refractivity contribution in [2.45, 2.75) is 30.8 Å². The summed E-state index contributed by atoms with van der Waals surface area (Å²) in [6.45, 7) is 0. The van der Waals surface area contributed by atoms with E-state index in [1.807, 2.05) is 6.26 Å². The van der Waals surface area contributed by atoms with Gasteiger partial charge in [0.25, 0.3) is 5.91 Å². The number of thioether (sulfide) groups is 1. The van der Waals surface area contributed by atoms with Crippen molar-refractivity contribution in [3.05, 3.63) is 40.3 Å². The Labute approximate surface area is 166 Å². The van der Waals surface area contributed by atoms with Gasteiger partial charge in [0, 0.05) is 24.4 Å². The first-order chi connectivity index (χ1) is 12.7. The van der Waals surface area contributed by atoms with Crippen LogP contribution in [0.15, 0.2) is 18.2 Å². The number of aromatic nitrogens is 2. The number of aryl methyl sites for hydroxylation is 1. The minimum Gasteiger partial charge on any atom is -0.389 e. The zero-order valence-electron chi connectivity index (χ0n) is 15.1. The molecule has 1 aromatic heterocycles. The lowest BCUT2D eigenvalue weighted by Gasteiger charge is -2.21. The Kier molecular flexibility index (Phi) is 5.69. The van der Waals surface area contributed by atoms with Gasteiger partial charge in [-0.05, 0) is 43.7 Å². The lowest BCUT2D eigenvalue weighted by Crippen LogP contribution is -2.27. The van der Waals surface area contributed by atoms with E-state index in [4.69, 9.17) is 17.3 Å². The Morgan fingerprint density at radius 3 is 3.00 bits per heavy atom. The van der Waals surface area contributed by atoms with E-state index in [-0.39, 0.29) is 22.3 Å². The molecule has 0 radical (unpaired) electrons. The van der Waals surface area contributed by atoms with Crippen LogP contribution < -0.4 is 11.1 Å². The summed E-state index contributed by atoms with van der Waals surface area (Å²) in [5.74, 6) is -0.158. The number of carbonyl (C=O) groups is 1. The number of amides is 1. The number of benzene rings is 1. The van der Waals surface area contributed by atoms with Gasteiger partial charge in [-0.2, -0.15) is 16.9 Å². The van der Waals surface area contributed by atoms with Gasteiger partial charge in [0.2, 0.25) is 0 Å². The summed E-state index contributed by atoms with van der Waals surface area (Å²) in [6, 6.07) is 3.96. The second-order valence-corrected chi connectivity index (χ2v) is 8.22. The van der Waals surface area contributed by atoms with E-state index in [2.05, 4.69) is 10.4 Å². The molecular weight excluding hydrogens is 391 g/mol. The molecule has 6 nitrogen and oxygen atoms in total. The van der Waals surface area contributed by atoms with Gasteiger partial charge in [-0.25, -0.2) is 4.39 Å². The van der Waals surface area contributed by atoms with Crippen molar-refractivity contribution in [1.29, 1.82) is 0 Å². The van der Waals surface area contributed by atoms with Crippen LogP contribution in [-0.2, 0) is 7.05 Å². The van der Waals surface area contributed by atoms with Gasteiger partial charge in [0.1, 0.15) is 17.2 Å². The minimum atomic E-state index is -0.755. The first-order valence-electron chi connectivity index (χ1n) is 8.54. The molecule has 146 valence electrons. The van der Waals surface area contributed by atoms with Gasteiger partial charge in [0.15, 0.2) is 0 Å². The third-order valence-corrected chi connectivity index (χ3v) is 6.02. The molecule has 9 heteroatoms. The van der Waals surface area contributed by atoms with Gasteiger partial charge in [-0.3, -0.25) is 9.48 Å². The number of nitrogens with one attached hydrogen (secondary N) is 1. The zero-order chi connectivity index (χ0) is 19.8. The molecule has 0 aliphatic heterocycles. The molecule has 1 aromatic carbocycles. The van der Waals surface area contributed by atoms with Crippen molar-refractivity contribution in [3.63, 3.8) is 0 Å². The van der Waals surface area contributed by atoms with E-state index >= 15 is 0 Å². The Morgan fingerprint density at radius 2 is 2.33 bits per heavy atom. The van der Waals surface area contributed by atoms with E-state index < -0.39 is 17.3 Å². The fourth-order valence-corrected chi connectivity index (χ4v) is 4.56. The standard InChI is InChI=1S/C18H22ClFN4O2S/c1-24-16(21)14(17(25)22-11-3-4-13(20)12(19)7-11)15(23-24)10-5-6-18(26,8-10)9-27-2/h3-4,7,10,26H,5-6,8-9,21H2,1-2H3,(H,22,25). The number of rotatable bonds is 5. The number of nitrogen functional groups attached to an aromatic ring is 1. The normalized spacial score (nSPS) is 22.2. The van der Waals surface area contributed by atoms with Gasteiger partial charge < -0.3 is 16.2 Å². The van der Waals surface area contributed by atoms with E-state index in [0.717, 1.165) is 6.42 Å². The minimum absolute atomic E-state index is 0.0526. The molecule has 1 saturated carbocycles. The van der Waals surface area contributed by atoms with Crippen LogP contribution >= 0.6 is 23.4 Å².